The van der Waals surface area contributed by atoms with E-state index in [0.29, 0.717) is 35.1 Å². The van der Waals surface area contributed by atoms with Crippen LogP contribution in [-0.2, 0) is 11.3 Å². The molecule has 3 heterocycles. The Morgan fingerprint density at radius 3 is 2.38 bits per heavy atom. The van der Waals surface area contributed by atoms with Gasteiger partial charge in [-0.15, -0.1) is 11.3 Å². The van der Waals surface area contributed by atoms with Gasteiger partial charge in [-0.25, -0.2) is 0 Å². The van der Waals surface area contributed by atoms with Crippen molar-refractivity contribution in [3.8, 4) is 0 Å². The quantitative estimate of drug-likeness (QED) is 0.723. The number of nitrogens with one attached hydrogen (secondary N) is 1. The highest BCUT2D eigenvalue weighted by Gasteiger charge is 2.28. The van der Waals surface area contributed by atoms with Gasteiger partial charge >= 0.3 is 0 Å². The smallest absolute Gasteiger partial charge is 0.261 e. The van der Waals surface area contributed by atoms with Gasteiger partial charge in [0, 0.05) is 44.8 Å². The van der Waals surface area contributed by atoms with Crippen molar-refractivity contribution in [1.29, 1.82) is 0 Å². The molecule has 0 bridgehead atoms. The van der Waals surface area contributed by atoms with Crippen molar-refractivity contribution in [2.45, 2.75) is 45.4 Å². The molecule has 7 heteroatoms. The molecule has 2 atom stereocenters. The number of ether oxygens (including phenoxy) is 1. The molecule has 2 saturated heterocycles. The topological polar surface area (TPSA) is 61.9 Å². The van der Waals surface area contributed by atoms with Gasteiger partial charge < -0.3 is 15.0 Å². The van der Waals surface area contributed by atoms with E-state index in [0.717, 1.165) is 51.1 Å². The zero-order valence-electron chi connectivity index (χ0n) is 19.0. The molecule has 32 heavy (non-hydrogen) atoms. The highest BCUT2D eigenvalue weighted by atomic mass is 32.1. The lowest BCUT2D eigenvalue weighted by Gasteiger charge is -2.39. The van der Waals surface area contributed by atoms with Crippen LogP contribution in [0, 0.1) is 5.92 Å². The second kappa shape index (κ2) is 10.6. The van der Waals surface area contributed by atoms with E-state index >= 15 is 0 Å². The summed E-state index contributed by atoms with van der Waals surface area (Å²) >= 11 is 1.43. The van der Waals surface area contributed by atoms with Crippen LogP contribution in [0.25, 0.3) is 0 Å². The SMILES string of the molecule is CC1CN(CC2CCN(C(=O)c3ccc(CNC(=O)c4cccs4)cc3)CC2)CC(C)O1. The summed E-state index contributed by atoms with van der Waals surface area (Å²) < 4.78 is 5.84. The van der Waals surface area contributed by atoms with Crippen LogP contribution in [0.15, 0.2) is 41.8 Å². The summed E-state index contributed by atoms with van der Waals surface area (Å²) in [4.78, 5) is 30.2. The second-order valence-corrected chi connectivity index (χ2v) is 10.0. The van der Waals surface area contributed by atoms with Gasteiger partial charge in [0.15, 0.2) is 0 Å². The summed E-state index contributed by atoms with van der Waals surface area (Å²) in [5.74, 6) is 0.682. The van der Waals surface area contributed by atoms with E-state index in [2.05, 4.69) is 24.1 Å². The van der Waals surface area contributed by atoms with Crippen molar-refractivity contribution in [3.63, 3.8) is 0 Å². The summed E-state index contributed by atoms with van der Waals surface area (Å²) in [6.45, 7) is 9.49. The molecule has 0 aliphatic carbocycles. The molecule has 2 aliphatic rings. The lowest BCUT2D eigenvalue weighted by molar-refractivity contribution is -0.0728. The number of hydrogen-bond acceptors (Lipinski definition) is 5. The van der Waals surface area contributed by atoms with Crippen molar-refractivity contribution < 1.29 is 14.3 Å². The van der Waals surface area contributed by atoms with E-state index in [-0.39, 0.29) is 11.8 Å². The van der Waals surface area contributed by atoms with Crippen LogP contribution in [0.4, 0.5) is 0 Å². The third-order valence-electron chi connectivity index (χ3n) is 6.31. The Balaban J connectivity index is 1.23. The number of nitrogens with zero attached hydrogens (tertiary/aromatic N) is 2. The van der Waals surface area contributed by atoms with E-state index < -0.39 is 0 Å². The van der Waals surface area contributed by atoms with Gasteiger partial charge in [-0.3, -0.25) is 14.5 Å². The molecule has 0 saturated carbocycles. The minimum atomic E-state index is -0.0657. The van der Waals surface area contributed by atoms with Crippen molar-refractivity contribution in [1.82, 2.24) is 15.1 Å². The predicted molar refractivity (Wildman–Crippen MR) is 127 cm³/mol. The van der Waals surface area contributed by atoms with Gasteiger partial charge in [0.05, 0.1) is 17.1 Å². The van der Waals surface area contributed by atoms with Gasteiger partial charge in [0.25, 0.3) is 11.8 Å². The Kier molecular flexibility index (Phi) is 7.60. The van der Waals surface area contributed by atoms with Crippen LogP contribution in [0.1, 0.15) is 52.3 Å². The molecular weight excluding hydrogens is 422 g/mol. The van der Waals surface area contributed by atoms with Gasteiger partial charge in [-0.05, 0) is 61.7 Å². The number of morpholine rings is 1. The first-order valence-electron chi connectivity index (χ1n) is 11.6. The van der Waals surface area contributed by atoms with Crippen molar-refractivity contribution in [2.75, 3.05) is 32.7 Å². The molecule has 2 fully saturated rings. The molecule has 2 aromatic rings. The van der Waals surface area contributed by atoms with E-state index in [1.807, 2.05) is 46.7 Å². The molecule has 2 aliphatic heterocycles. The van der Waals surface area contributed by atoms with Gasteiger partial charge in [-0.2, -0.15) is 0 Å². The zero-order chi connectivity index (χ0) is 22.5. The number of amides is 2. The standard InChI is InChI=1S/C25H33N3O3S/c1-18-15-27(16-19(2)31-18)17-21-9-11-28(12-10-21)25(30)22-7-5-20(6-8-22)14-26-24(29)23-4-3-13-32-23/h3-8,13,18-19,21H,9-12,14-17H2,1-2H3,(H,26,29). The van der Waals surface area contributed by atoms with E-state index in [4.69, 9.17) is 4.74 Å². The van der Waals surface area contributed by atoms with Crippen LogP contribution >= 0.6 is 11.3 Å². The highest BCUT2D eigenvalue weighted by Crippen LogP contribution is 2.22. The van der Waals surface area contributed by atoms with E-state index in [1.165, 1.54) is 11.3 Å². The fourth-order valence-corrected chi connectivity index (χ4v) is 5.38. The minimum Gasteiger partial charge on any atom is -0.373 e. The van der Waals surface area contributed by atoms with Crippen LogP contribution in [-0.4, -0.2) is 66.5 Å². The normalized spacial score (nSPS) is 22.6. The van der Waals surface area contributed by atoms with Crippen molar-refractivity contribution >= 4 is 23.2 Å². The summed E-state index contributed by atoms with van der Waals surface area (Å²) in [5, 5.41) is 4.81. The molecule has 1 aromatic carbocycles. The zero-order valence-corrected chi connectivity index (χ0v) is 19.8. The number of hydrogen-bond donors (Lipinski definition) is 1. The molecular formula is C25H33N3O3S. The first-order valence-corrected chi connectivity index (χ1v) is 12.4. The molecule has 0 spiro atoms. The summed E-state index contributed by atoms with van der Waals surface area (Å²) in [5.41, 5.74) is 1.70. The van der Waals surface area contributed by atoms with Crippen molar-refractivity contribution in [3.05, 3.63) is 57.8 Å². The second-order valence-electron chi connectivity index (χ2n) is 9.07. The van der Waals surface area contributed by atoms with Gasteiger partial charge in [0.2, 0.25) is 0 Å². The summed E-state index contributed by atoms with van der Waals surface area (Å²) in [6, 6.07) is 11.3. The maximum atomic E-state index is 12.9. The summed E-state index contributed by atoms with van der Waals surface area (Å²) in [7, 11) is 0. The summed E-state index contributed by atoms with van der Waals surface area (Å²) in [6.07, 6.45) is 2.71. The third-order valence-corrected chi connectivity index (χ3v) is 7.18. The number of carbonyl (C=O) groups excluding carboxylic acids is 2. The molecule has 1 aromatic heterocycles. The molecule has 2 amide bonds. The Morgan fingerprint density at radius 2 is 1.75 bits per heavy atom. The predicted octanol–water partition coefficient (Wildman–Crippen LogP) is 3.64. The fourth-order valence-electron chi connectivity index (χ4n) is 4.74. The molecule has 172 valence electrons. The number of rotatable bonds is 6. The van der Waals surface area contributed by atoms with Crippen LogP contribution < -0.4 is 5.32 Å². The lowest BCUT2D eigenvalue weighted by atomic mass is 9.95. The number of benzene rings is 1. The maximum Gasteiger partial charge on any atom is 0.261 e. The first kappa shape index (κ1) is 23.0. The first-order chi connectivity index (χ1) is 15.5. The average Bonchev–Trinajstić information content (AvgIpc) is 3.32. The van der Waals surface area contributed by atoms with Crippen LogP contribution in [0.5, 0.6) is 0 Å². The Bertz CT molecular complexity index is 882. The fraction of sp³-hybridized carbons (Fsp3) is 0.520. The number of piperidine rings is 1. The Hall–Kier alpha value is -2.22. The highest BCUT2D eigenvalue weighted by molar-refractivity contribution is 7.12. The van der Waals surface area contributed by atoms with E-state index in [9.17, 15) is 9.59 Å². The number of thiophene rings is 1. The largest absolute Gasteiger partial charge is 0.373 e. The monoisotopic (exact) mass is 455 g/mol. The Labute approximate surface area is 194 Å². The van der Waals surface area contributed by atoms with E-state index in [1.54, 1.807) is 0 Å². The lowest BCUT2D eigenvalue weighted by Crippen LogP contribution is -2.48. The maximum absolute atomic E-state index is 12.9. The molecule has 1 N–H and O–H groups in total. The molecule has 4 rings (SSSR count). The average molecular weight is 456 g/mol. The minimum absolute atomic E-state index is 0.0657. The van der Waals surface area contributed by atoms with Crippen molar-refractivity contribution in [2.24, 2.45) is 5.92 Å². The molecule has 0 radical (unpaired) electrons. The van der Waals surface area contributed by atoms with Gasteiger partial charge in [-0.1, -0.05) is 18.2 Å². The Morgan fingerprint density at radius 1 is 1.06 bits per heavy atom. The molecule has 6 nitrogen and oxygen atoms in total. The van der Waals surface area contributed by atoms with Crippen LogP contribution in [0.2, 0.25) is 0 Å². The number of carbonyl (C=O) groups is 2. The van der Waals surface area contributed by atoms with Crippen LogP contribution in [0.3, 0.4) is 0 Å². The molecule has 2 unspecified atom stereocenters. The third kappa shape index (κ3) is 5.97. The number of likely N-dealkylation sites (tertiary alicyclic amines) is 1. The van der Waals surface area contributed by atoms with Gasteiger partial charge in [0.1, 0.15) is 0 Å².